The van der Waals surface area contributed by atoms with Gasteiger partial charge in [-0.3, -0.25) is 14.7 Å². The molecule has 0 aliphatic carbocycles. The first-order chi connectivity index (χ1) is 12.7. The Labute approximate surface area is 156 Å². The number of aryl methyl sites for hydroxylation is 1. The molecule has 26 heavy (non-hydrogen) atoms. The van der Waals surface area contributed by atoms with E-state index < -0.39 is 0 Å². The average Bonchev–Trinajstić information content (AvgIpc) is 3.07. The van der Waals surface area contributed by atoms with E-state index in [1.165, 1.54) is 10.4 Å². The quantitative estimate of drug-likeness (QED) is 0.767. The topological polar surface area (TPSA) is 61.9 Å². The Morgan fingerprint density at radius 3 is 2.85 bits per heavy atom. The summed E-state index contributed by atoms with van der Waals surface area (Å²) in [5.41, 5.74) is 3.04. The average molecular weight is 366 g/mol. The molecular formula is C20H22N4OS. The normalized spacial score (nSPS) is 16.0. The first-order valence-corrected chi connectivity index (χ1v) is 9.84. The highest BCUT2D eigenvalue weighted by molar-refractivity contribution is 7.10. The van der Waals surface area contributed by atoms with Gasteiger partial charge >= 0.3 is 0 Å². The molecule has 0 atom stereocenters. The number of pyridine rings is 1. The molecular weight excluding hydrogens is 344 g/mol. The van der Waals surface area contributed by atoms with Gasteiger partial charge in [-0.2, -0.15) is 0 Å². The number of rotatable bonds is 4. The first-order valence-electron chi connectivity index (χ1n) is 8.96. The lowest BCUT2D eigenvalue weighted by Crippen LogP contribution is -2.33. The number of nitrogens with zero attached hydrogens (tertiary/aromatic N) is 3. The molecule has 0 aromatic carbocycles. The highest BCUT2D eigenvalue weighted by atomic mass is 32.1. The summed E-state index contributed by atoms with van der Waals surface area (Å²) >= 11 is 1.84. The molecule has 1 fully saturated rings. The zero-order valence-corrected chi connectivity index (χ0v) is 15.6. The lowest BCUT2D eigenvalue weighted by molar-refractivity contribution is 0.204. The van der Waals surface area contributed by atoms with E-state index >= 15 is 0 Å². The molecule has 0 bridgehead atoms. The summed E-state index contributed by atoms with van der Waals surface area (Å²) in [5, 5.41) is 2.16. The number of piperidine rings is 1. The Bertz CT molecular complexity index is 926. The van der Waals surface area contributed by atoms with Gasteiger partial charge < -0.3 is 4.98 Å². The molecule has 0 unspecified atom stereocenters. The van der Waals surface area contributed by atoms with Crippen LogP contribution in [0.4, 0.5) is 0 Å². The molecule has 1 aliphatic heterocycles. The monoisotopic (exact) mass is 366 g/mol. The van der Waals surface area contributed by atoms with Crippen molar-refractivity contribution in [3.63, 3.8) is 0 Å². The second kappa shape index (κ2) is 7.51. The van der Waals surface area contributed by atoms with Gasteiger partial charge in [0.05, 0.1) is 5.69 Å². The summed E-state index contributed by atoms with van der Waals surface area (Å²) in [5.74, 6) is 0.950. The molecule has 3 aromatic heterocycles. The number of H-pyrrole nitrogens is 1. The molecule has 0 radical (unpaired) electrons. The smallest absolute Gasteiger partial charge is 0.251 e. The third-order valence-electron chi connectivity index (χ3n) is 5.04. The standard InChI is InChI=1S/C20H22N4OS/c1-14-6-10-26-18(14)13-24-8-4-15(5-9-24)17-11-19(25)23-20(22-17)16-3-2-7-21-12-16/h2-3,6-7,10-12,15H,4-5,8-9,13H2,1H3,(H,22,23,25). The van der Waals surface area contributed by atoms with Crippen LogP contribution in [0.25, 0.3) is 11.4 Å². The molecule has 1 aliphatic rings. The third kappa shape index (κ3) is 3.76. The van der Waals surface area contributed by atoms with Gasteiger partial charge in [0, 0.05) is 41.4 Å². The van der Waals surface area contributed by atoms with E-state index in [0.29, 0.717) is 11.7 Å². The molecule has 4 heterocycles. The maximum Gasteiger partial charge on any atom is 0.251 e. The Morgan fingerprint density at radius 1 is 1.31 bits per heavy atom. The molecule has 5 nitrogen and oxygen atoms in total. The summed E-state index contributed by atoms with van der Waals surface area (Å²) in [4.78, 5) is 27.8. The fourth-order valence-corrected chi connectivity index (χ4v) is 4.43. The molecule has 1 N–H and O–H groups in total. The van der Waals surface area contributed by atoms with Gasteiger partial charge in [0.15, 0.2) is 0 Å². The SMILES string of the molecule is Cc1ccsc1CN1CCC(c2cc(=O)[nH]c(-c3cccnc3)n2)CC1. The molecule has 6 heteroatoms. The number of thiophene rings is 1. The number of nitrogens with one attached hydrogen (secondary N) is 1. The van der Waals surface area contributed by atoms with E-state index in [0.717, 1.165) is 43.7 Å². The molecule has 3 aromatic rings. The fraction of sp³-hybridized carbons (Fsp3) is 0.350. The van der Waals surface area contributed by atoms with Crippen molar-refractivity contribution in [1.29, 1.82) is 0 Å². The zero-order valence-electron chi connectivity index (χ0n) is 14.8. The molecule has 0 amide bonds. The second-order valence-electron chi connectivity index (χ2n) is 6.84. The maximum absolute atomic E-state index is 12.1. The number of hydrogen-bond acceptors (Lipinski definition) is 5. The van der Waals surface area contributed by atoms with E-state index in [9.17, 15) is 4.79 Å². The van der Waals surface area contributed by atoms with Crippen LogP contribution in [-0.4, -0.2) is 32.9 Å². The highest BCUT2D eigenvalue weighted by Crippen LogP contribution is 2.29. The van der Waals surface area contributed by atoms with Gasteiger partial charge in [-0.25, -0.2) is 4.98 Å². The van der Waals surface area contributed by atoms with Crippen molar-refractivity contribution in [1.82, 2.24) is 19.9 Å². The Morgan fingerprint density at radius 2 is 2.15 bits per heavy atom. The first kappa shape index (κ1) is 17.1. The van der Waals surface area contributed by atoms with Crippen LogP contribution in [0, 0.1) is 6.92 Å². The second-order valence-corrected chi connectivity index (χ2v) is 7.84. The molecule has 4 rings (SSSR count). The van der Waals surface area contributed by atoms with Crippen LogP contribution in [0.3, 0.4) is 0 Å². The van der Waals surface area contributed by atoms with Crippen LogP contribution in [-0.2, 0) is 6.54 Å². The Balaban J connectivity index is 1.47. The van der Waals surface area contributed by atoms with Gasteiger partial charge in [-0.15, -0.1) is 11.3 Å². The summed E-state index contributed by atoms with van der Waals surface area (Å²) in [7, 11) is 0. The number of likely N-dealkylation sites (tertiary alicyclic amines) is 1. The van der Waals surface area contributed by atoms with Gasteiger partial charge in [-0.1, -0.05) is 0 Å². The lowest BCUT2D eigenvalue weighted by atomic mass is 9.93. The molecule has 134 valence electrons. The number of aromatic amines is 1. The number of hydrogen-bond donors (Lipinski definition) is 1. The van der Waals surface area contributed by atoms with Gasteiger partial charge in [0.1, 0.15) is 5.82 Å². The van der Waals surface area contributed by atoms with E-state index in [4.69, 9.17) is 4.98 Å². The highest BCUT2D eigenvalue weighted by Gasteiger charge is 2.23. The van der Waals surface area contributed by atoms with E-state index in [2.05, 4.69) is 33.2 Å². The minimum Gasteiger partial charge on any atom is -0.306 e. The van der Waals surface area contributed by atoms with Crippen LogP contribution in [0.2, 0.25) is 0 Å². The Hall–Kier alpha value is -2.31. The van der Waals surface area contributed by atoms with E-state index in [1.807, 2.05) is 23.5 Å². The van der Waals surface area contributed by atoms with Crippen molar-refractivity contribution in [2.75, 3.05) is 13.1 Å². The third-order valence-corrected chi connectivity index (χ3v) is 6.05. The Kier molecular flexibility index (Phi) is 4.95. The van der Waals surface area contributed by atoms with E-state index in [-0.39, 0.29) is 5.56 Å². The van der Waals surface area contributed by atoms with Crippen LogP contribution in [0.1, 0.15) is 34.9 Å². The van der Waals surface area contributed by atoms with Crippen LogP contribution < -0.4 is 5.56 Å². The summed E-state index contributed by atoms with van der Waals surface area (Å²) in [6, 6.07) is 7.62. The predicted molar refractivity (Wildman–Crippen MR) is 104 cm³/mol. The lowest BCUT2D eigenvalue weighted by Gasteiger charge is -2.31. The maximum atomic E-state index is 12.1. The largest absolute Gasteiger partial charge is 0.306 e. The molecule has 0 saturated carbocycles. The molecule has 0 spiro atoms. The van der Waals surface area contributed by atoms with Crippen LogP contribution in [0.5, 0.6) is 0 Å². The van der Waals surface area contributed by atoms with Gasteiger partial charge in [0.2, 0.25) is 0 Å². The van der Waals surface area contributed by atoms with Crippen molar-refractivity contribution in [2.24, 2.45) is 0 Å². The minimum atomic E-state index is -0.0921. The van der Waals surface area contributed by atoms with Crippen molar-refractivity contribution in [3.05, 3.63) is 68.5 Å². The van der Waals surface area contributed by atoms with Crippen molar-refractivity contribution in [3.8, 4) is 11.4 Å². The summed E-state index contributed by atoms with van der Waals surface area (Å²) < 4.78 is 0. The zero-order chi connectivity index (χ0) is 17.9. The number of aromatic nitrogens is 3. The van der Waals surface area contributed by atoms with Crippen LogP contribution >= 0.6 is 11.3 Å². The fourth-order valence-electron chi connectivity index (χ4n) is 3.48. The predicted octanol–water partition coefficient (Wildman–Crippen LogP) is 3.58. The van der Waals surface area contributed by atoms with Crippen LogP contribution in [0.15, 0.2) is 46.8 Å². The summed E-state index contributed by atoms with van der Waals surface area (Å²) in [6.07, 6.45) is 5.52. The molecule has 1 saturated heterocycles. The van der Waals surface area contributed by atoms with Gasteiger partial charge in [-0.05, 0) is 62.0 Å². The minimum absolute atomic E-state index is 0.0921. The van der Waals surface area contributed by atoms with Crippen molar-refractivity contribution in [2.45, 2.75) is 32.2 Å². The summed E-state index contributed by atoms with van der Waals surface area (Å²) in [6.45, 7) is 5.29. The van der Waals surface area contributed by atoms with Gasteiger partial charge in [0.25, 0.3) is 5.56 Å². The van der Waals surface area contributed by atoms with E-state index in [1.54, 1.807) is 18.5 Å². The van der Waals surface area contributed by atoms with Crippen molar-refractivity contribution >= 4 is 11.3 Å². The van der Waals surface area contributed by atoms with Crippen molar-refractivity contribution < 1.29 is 0 Å².